The van der Waals surface area contributed by atoms with Gasteiger partial charge < -0.3 is 9.32 Å². The Bertz CT molecular complexity index is 761. The Morgan fingerprint density at radius 3 is 2.59 bits per heavy atom. The Balaban J connectivity index is 2.08. The van der Waals surface area contributed by atoms with Crippen LogP contribution in [0.3, 0.4) is 0 Å². The number of hydrogen-bond donors (Lipinski definition) is 1. The highest BCUT2D eigenvalue weighted by Gasteiger charge is 2.19. The smallest absolute Gasteiger partial charge is 0.271 e. The summed E-state index contributed by atoms with van der Waals surface area (Å²) in [5.41, 5.74) is -0.104. The molecule has 0 spiro atoms. The van der Waals surface area contributed by atoms with E-state index in [4.69, 9.17) is 4.42 Å². The fraction of sp³-hybridized carbons (Fsp3) is 0.438. The number of aromatic amines is 1. The average Bonchev–Trinajstić information content (AvgIpc) is 2.77. The summed E-state index contributed by atoms with van der Waals surface area (Å²) in [6, 6.07) is 5.47. The minimum absolute atomic E-state index is 0.00655. The number of nitriles is 1. The van der Waals surface area contributed by atoms with Crippen LogP contribution in [0.25, 0.3) is 11.5 Å². The molecule has 0 radical (unpaired) electrons. The summed E-state index contributed by atoms with van der Waals surface area (Å²) in [7, 11) is 0. The van der Waals surface area contributed by atoms with Crippen LogP contribution in [0.5, 0.6) is 0 Å². The molecular formula is C16H18N4O2. The van der Waals surface area contributed by atoms with Gasteiger partial charge in [-0.3, -0.25) is 9.78 Å². The highest BCUT2D eigenvalue weighted by molar-refractivity contribution is 5.62. The molecule has 1 N–H and O–H groups in total. The lowest BCUT2D eigenvalue weighted by Gasteiger charge is -2.21. The van der Waals surface area contributed by atoms with Crippen LogP contribution in [-0.2, 0) is 0 Å². The van der Waals surface area contributed by atoms with E-state index in [1.54, 1.807) is 12.1 Å². The fourth-order valence-corrected chi connectivity index (χ4v) is 2.74. The molecule has 0 unspecified atom stereocenters. The largest absolute Gasteiger partial charge is 0.460 e. The molecule has 6 nitrogen and oxygen atoms in total. The summed E-state index contributed by atoms with van der Waals surface area (Å²) >= 11 is 0. The summed E-state index contributed by atoms with van der Waals surface area (Å²) in [5, 5.41) is 9.25. The van der Waals surface area contributed by atoms with E-state index in [0.717, 1.165) is 31.7 Å². The van der Waals surface area contributed by atoms with E-state index >= 15 is 0 Å². The zero-order valence-corrected chi connectivity index (χ0v) is 12.6. The van der Waals surface area contributed by atoms with Gasteiger partial charge in [0.25, 0.3) is 5.56 Å². The quantitative estimate of drug-likeness (QED) is 0.921. The van der Waals surface area contributed by atoms with Gasteiger partial charge in [0.15, 0.2) is 5.76 Å². The number of aromatic nitrogens is 2. The van der Waals surface area contributed by atoms with E-state index in [0.29, 0.717) is 17.4 Å². The summed E-state index contributed by atoms with van der Waals surface area (Å²) in [6.07, 6.45) is 4.56. The number of aryl methyl sites for hydroxylation is 1. The first kappa shape index (κ1) is 14.4. The molecule has 1 aliphatic heterocycles. The first-order valence-electron chi connectivity index (χ1n) is 7.55. The third-order valence-corrected chi connectivity index (χ3v) is 3.90. The Hall–Kier alpha value is -2.55. The number of rotatable bonds is 2. The van der Waals surface area contributed by atoms with Crippen LogP contribution in [0.1, 0.15) is 37.0 Å². The summed E-state index contributed by atoms with van der Waals surface area (Å²) in [4.78, 5) is 21.5. The molecule has 3 rings (SSSR count). The molecule has 1 saturated heterocycles. The van der Waals surface area contributed by atoms with E-state index in [2.05, 4.69) is 14.9 Å². The van der Waals surface area contributed by atoms with E-state index < -0.39 is 5.56 Å². The Kier molecular flexibility index (Phi) is 3.96. The van der Waals surface area contributed by atoms with Gasteiger partial charge in [-0.05, 0) is 31.9 Å². The third kappa shape index (κ3) is 2.75. The van der Waals surface area contributed by atoms with Crippen LogP contribution < -0.4 is 10.5 Å². The standard InChI is InChI=1S/C16H18N4O2/c1-11-6-7-13(22-11)14-12(10-17)15(21)19-16(18-14)20-8-4-2-3-5-9-20/h6-7H,2-5,8-9H2,1H3,(H,18,19,21). The van der Waals surface area contributed by atoms with Crippen LogP contribution in [0.4, 0.5) is 5.95 Å². The molecule has 0 atom stereocenters. The van der Waals surface area contributed by atoms with Gasteiger partial charge in [-0.15, -0.1) is 0 Å². The molecular weight excluding hydrogens is 280 g/mol. The lowest BCUT2D eigenvalue weighted by atomic mass is 10.2. The number of H-pyrrole nitrogens is 1. The predicted octanol–water partition coefficient (Wildman–Crippen LogP) is 2.59. The van der Waals surface area contributed by atoms with Crippen LogP contribution in [0.2, 0.25) is 0 Å². The molecule has 1 aliphatic rings. The molecule has 6 heteroatoms. The van der Waals surface area contributed by atoms with Crippen LogP contribution in [0, 0.1) is 18.3 Å². The second-order valence-corrected chi connectivity index (χ2v) is 5.54. The number of anilines is 1. The number of nitrogens with one attached hydrogen (secondary N) is 1. The van der Waals surface area contributed by atoms with Crippen molar-refractivity contribution >= 4 is 5.95 Å². The van der Waals surface area contributed by atoms with Gasteiger partial charge >= 0.3 is 0 Å². The van der Waals surface area contributed by atoms with Crippen LogP contribution in [-0.4, -0.2) is 23.1 Å². The van der Waals surface area contributed by atoms with Crippen molar-refractivity contribution in [3.8, 4) is 17.5 Å². The maximum Gasteiger partial charge on any atom is 0.271 e. The molecule has 0 bridgehead atoms. The molecule has 0 saturated carbocycles. The Labute approximate surface area is 128 Å². The molecule has 3 heterocycles. The first-order chi connectivity index (χ1) is 10.7. The zero-order chi connectivity index (χ0) is 15.5. The fourth-order valence-electron chi connectivity index (χ4n) is 2.74. The van der Waals surface area contributed by atoms with E-state index in [-0.39, 0.29) is 5.56 Å². The highest BCUT2D eigenvalue weighted by atomic mass is 16.3. The number of furan rings is 1. The summed E-state index contributed by atoms with van der Waals surface area (Å²) in [5.74, 6) is 1.70. The van der Waals surface area contributed by atoms with Crippen molar-refractivity contribution in [2.75, 3.05) is 18.0 Å². The average molecular weight is 298 g/mol. The maximum atomic E-state index is 12.2. The van der Waals surface area contributed by atoms with Crippen molar-refractivity contribution in [3.63, 3.8) is 0 Å². The molecule has 0 aliphatic carbocycles. The van der Waals surface area contributed by atoms with Crippen LogP contribution in [0.15, 0.2) is 21.3 Å². The molecule has 2 aromatic rings. The maximum absolute atomic E-state index is 12.2. The summed E-state index contributed by atoms with van der Waals surface area (Å²) < 4.78 is 5.55. The van der Waals surface area contributed by atoms with Crippen molar-refractivity contribution in [2.45, 2.75) is 32.6 Å². The lowest BCUT2D eigenvalue weighted by Crippen LogP contribution is -2.29. The topological polar surface area (TPSA) is 85.9 Å². The highest BCUT2D eigenvalue weighted by Crippen LogP contribution is 2.24. The SMILES string of the molecule is Cc1ccc(-c2nc(N3CCCCCC3)[nH]c(=O)c2C#N)o1. The minimum atomic E-state index is -0.416. The van der Waals surface area contributed by atoms with Gasteiger partial charge in [-0.1, -0.05) is 12.8 Å². The van der Waals surface area contributed by atoms with Crippen LogP contribution >= 0.6 is 0 Å². The van der Waals surface area contributed by atoms with Gasteiger partial charge in [0.05, 0.1) is 0 Å². The minimum Gasteiger partial charge on any atom is -0.460 e. The van der Waals surface area contributed by atoms with Crippen molar-refractivity contribution in [1.82, 2.24) is 9.97 Å². The van der Waals surface area contributed by atoms with Crippen molar-refractivity contribution < 1.29 is 4.42 Å². The van der Waals surface area contributed by atoms with Gasteiger partial charge in [0, 0.05) is 13.1 Å². The van der Waals surface area contributed by atoms with Gasteiger partial charge in [0.1, 0.15) is 23.1 Å². The van der Waals surface area contributed by atoms with E-state index in [1.165, 1.54) is 12.8 Å². The van der Waals surface area contributed by atoms with E-state index in [9.17, 15) is 10.1 Å². The Morgan fingerprint density at radius 2 is 2.00 bits per heavy atom. The van der Waals surface area contributed by atoms with Gasteiger partial charge in [0.2, 0.25) is 5.95 Å². The molecule has 2 aromatic heterocycles. The predicted molar refractivity (Wildman–Crippen MR) is 82.7 cm³/mol. The second kappa shape index (κ2) is 6.06. The lowest BCUT2D eigenvalue weighted by molar-refractivity contribution is 0.545. The zero-order valence-electron chi connectivity index (χ0n) is 12.6. The van der Waals surface area contributed by atoms with Gasteiger partial charge in [-0.25, -0.2) is 4.98 Å². The normalized spacial score (nSPS) is 15.4. The van der Waals surface area contributed by atoms with Crippen molar-refractivity contribution in [1.29, 1.82) is 5.26 Å². The van der Waals surface area contributed by atoms with Gasteiger partial charge in [-0.2, -0.15) is 5.26 Å². The molecule has 22 heavy (non-hydrogen) atoms. The Morgan fingerprint density at radius 1 is 1.27 bits per heavy atom. The van der Waals surface area contributed by atoms with Crippen molar-refractivity contribution in [2.24, 2.45) is 0 Å². The molecule has 114 valence electrons. The second-order valence-electron chi connectivity index (χ2n) is 5.54. The molecule has 1 fully saturated rings. The molecule has 0 aromatic carbocycles. The number of hydrogen-bond acceptors (Lipinski definition) is 5. The summed E-state index contributed by atoms with van der Waals surface area (Å²) in [6.45, 7) is 3.55. The van der Waals surface area contributed by atoms with Crippen molar-refractivity contribution in [3.05, 3.63) is 33.8 Å². The van der Waals surface area contributed by atoms with E-state index in [1.807, 2.05) is 13.0 Å². The first-order valence-corrected chi connectivity index (χ1v) is 7.55. The monoisotopic (exact) mass is 298 g/mol. The molecule has 0 amide bonds. The third-order valence-electron chi connectivity index (χ3n) is 3.90. The number of nitrogens with zero attached hydrogens (tertiary/aromatic N) is 3.